The van der Waals surface area contributed by atoms with Crippen molar-refractivity contribution >= 4 is 22.5 Å². The molecular formula is C9H8ClN3O. The smallest absolute Gasteiger partial charge is 0.144 e. The molecular weight excluding hydrogens is 202 g/mol. The summed E-state index contributed by atoms with van der Waals surface area (Å²) in [6, 6.07) is 4.75. The highest BCUT2D eigenvalue weighted by Crippen LogP contribution is 2.23. The second-order valence-electron chi connectivity index (χ2n) is 2.84. The van der Waals surface area contributed by atoms with E-state index in [9.17, 15) is 5.11 Å². The van der Waals surface area contributed by atoms with Gasteiger partial charge >= 0.3 is 0 Å². The number of phenols is 1. The van der Waals surface area contributed by atoms with Gasteiger partial charge in [0.1, 0.15) is 16.7 Å². The number of hydrogen-bond acceptors (Lipinski definition) is 4. The number of hydrogen-bond donors (Lipinski definition) is 2. The van der Waals surface area contributed by atoms with Gasteiger partial charge in [-0.2, -0.15) is 0 Å². The lowest BCUT2D eigenvalue weighted by atomic mass is 10.2. The molecule has 2 aromatic rings. The van der Waals surface area contributed by atoms with Crippen molar-refractivity contribution < 1.29 is 5.11 Å². The molecule has 0 atom stereocenters. The van der Waals surface area contributed by atoms with E-state index < -0.39 is 0 Å². The summed E-state index contributed by atoms with van der Waals surface area (Å²) in [6.07, 6.45) is 0. The minimum absolute atomic E-state index is 0.148. The van der Waals surface area contributed by atoms with Crippen molar-refractivity contribution in [1.29, 1.82) is 0 Å². The molecule has 1 heterocycles. The SMILES string of the molecule is NCc1nc(Cl)c2ccc(O)cc2n1. The summed E-state index contributed by atoms with van der Waals surface area (Å²) in [5.74, 6) is 0.614. The van der Waals surface area contributed by atoms with E-state index >= 15 is 0 Å². The Kier molecular flexibility index (Phi) is 2.23. The number of nitrogens with zero attached hydrogens (tertiary/aromatic N) is 2. The normalized spacial score (nSPS) is 10.7. The molecule has 0 saturated carbocycles. The fourth-order valence-electron chi connectivity index (χ4n) is 1.22. The quantitative estimate of drug-likeness (QED) is 0.698. The first-order chi connectivity index (χ1) is 6.70. The van der Waals surface area contributed by atoms with E-state index in [1.165, 1.54) is 6.07 Å². The van der Waals surface area contributed by atoms with Gasteiger partial charge in [0.05, 0.1) is 12.1 Å². The average Bonchev–Trinajstić information content (AvgIpc) is 2.16. The van der Waals surface area contributed by atoms with Crippen LogP contribution in [0.4, 0.5) is 0 Å². The fraction of sp³-hybridized carbons (Fsp3) is 0.111. The lowest BCUT2D eigenvalue weighted by Gasteiger charge is -2.02. The van der Waals surface area contributed by atoms with Gasteiger partial charge in [0.25, 0.3) is 0 Å². The lowest BCUT2D eigenvalue weighted by Crippen LogP contribution is -2.03. The predicted octanol–water partition coefficient (Wildman–Crippen LogP) is 1.45. The van der Waals surface area contributed by atoms with Gasteiger partial charge in [0.15, 0.2) is 0 Å². The van der Waals surface area contributed by atoms with Crippen LogP contribution >= 0.6 is 11.6 Å². The highest BCUT2D eigenvalue weighted by Gasteiger charge is 2.05. The second-order valence-corrected chi connectivity index (χ2v) is 3.19. The van der Waals surface area contributed by atoms with Crippen LogP contribution in [0.25, 0.3) is 10.9 Å². The molecule has 5 heteroatoms. The molecule has 4 nitrogen and oxygen atoms in total. The van der Waals surface area contributed by atoms with Crippen molar-refractivity contribution in [2.24, 2.45) is 5.73 Å². The van der Waals surface area contributed by atoms with E-state index in [0.29, 0.717) is 21.9 Å². The standard InChI is InChI=1S/C9H8ClN3O/c10-9-6-2-1-5(14)3-7(6)12-8(4-11)13-9/h1-3,14H,4,11H2. The summed E-state index contributed by atoms with van der Waals surface area (Å²) >= 11 is 5.91. The van der Waals surface area contributed by atoms with Crippen molar-refractivity contribution in [3.8, 4) is 5.75 Å². The van der Waals surface area contributed by atoms with Gasteiger partial charge < -0.3 is 10.8 Å². The highest BCUT2D eigenvalue weighted by atomic mass is 35.5. The number of phenolic OH excluding ortho intramolecular Hbond substituents is 1. The van der Waals surface area contributed by atoms with Crippen LogP contribution in [0.5, 0.6) is 5.75 Å². The summed E-state index contributed by atoms with van der Waals surface area (Å²) in [7, 11) is 0. The zero-order chi connectivity index (χ0) is 10.1. The molecule has 0 fully saturated rings. The molecule has 0 bridgehead atoms. The van der Waals surface area contributed by atoms with Crippen LogP contribution in [-0.4, -0.2) is 15.1 Å². The van der Waals surface area contributed by atoms with Crippen LogP contribution in [0.3, 0.4) is 0 Å². The van der Waals surface area contributed by atoms with Crippen LogP contribution in [0, 0.1) is 0 Å². The monoisotopic (exact) mass is 209 g/mol. The molecule has 0 aliphatic carbocycles. The van der Waals surface area contributed by atoms with Gasteiger partial charge in [-0.3, -0.25) is 0 Å². The minimum atomic E-state index is 0.148. The Labute approximate surface area is 85.4 Å². The van der Waals surface area contributed by atoms with E-state index in [-0.39, 0.29) is 12.3 Å². The minimum Gasteiger partial charge on any atom is -0.508 e. The van der Waals surface area contributed by atoms with Crippen molar-refractivity contribution in [1.82, 2.24) is 9.97 Å². The Hall–Kier alpha value is -1.39. The number of aromatic hydroxyl groups is 1. The molecule has 1 aromatic carbocycles. The maximum atomic E-state index is 9.25. The number of halogens is 1. The largest absolute Gasteiger partial charge is 0.508 e. The Bertz CT molecular complexity index is 487. The first kappa shape index (κ1) is 9.18. The molecule has 2 rings (SSSR count). The maximum Gasteiger partial charge on any atom is 0.144 e. The molecule has 0 spiro atoms. The molecule has 0 aliphatic rings. The molecule has 0 unspecified atom stereocenters. The highest BCUT2D eigenvalue weighted by molar-refractivity contribution is 6.34. The third-order valence-corrected chi connectivity index (χ3v) is 2.15. The fourth-order valence-corrected chi connectivity index (χ4v) is 1.47. The molecule has 72 valence electrons. The van der Waals surface area contributed by atoms with Crippen LogP contribution in [0.2, 0.25) is 5.15 Å². The van der Waals surface area contributed by atoms with Gasteiger partial charge in [-0.1, -0.05) is 11.6 Å². The summed E-state index contributed by atoms with van der Waals surface area (Å²) in [5, 5.41) is 10.3. The molecule has 0 radical (unpaired) electrons. The van der Waals surface area contributed by atoms with E-state index in [4.69, 9.17) is 17.3 Å². The summed E-state index contributed by atoms with van der Waals surface area (Å²) in [5.41, 5.74) is 6.00. The molecule has 3 N–H and O–H groups in total. The lowest BCUT2D eigenvalue weighted by molar-refractivity contribution is 0.476. The maximum absolute atomic E-state index is 9.25. The number of rotatable bonds is 1. The molecule has 14 heavy (non-hydrogen) atoms. The van der Waals surface area contributed by atoms with Crippen molar-refractivity contribution in [2.75, 3.05) is 0 Å². The topological polar surface area (TPSA) is 72.0 Å². The van der Waals surface area contributed by atoms with Crippen LogP contribution in [-0.2, 0) is 6.54 Å². The summed E-state index contributed by atoms with van der Waals surface area (Å²) in [4.78, 5) is 8.13. The number of aromatic nitrogens is 2. The third-order valence-electron chi connectivity index (χ3n) is 1.86. The zero-order valence-corrected chi connectivity index (χ0v) is 7.99. The Balaban J connectivity index is 2.77. The van der Waals surface area contributed by atoms with Crippen LogP contribution in [0.15, 0.2) is 18.2 Å². The van der Waals surface area contributed by atoms with E-state index in [2.05, 4.69) is 9.97 Å². The molecule has 0 aliphatic heterocycles. The zero-order valence-electron chi connectivity index (χ0n) is 7.24. The first-order valence-corrected chi connectivity index (χ1v) is 4.43. The van der Waals surface area contributed by atoms with Gasteiger partial charge in [-0.05, 0) is 12.1 Å². The summed E-state index contributed by atoms with van der Waals surface area (Å²) in [6.45, 7) is 0.227. The van der Waals surface area contributed by atoms with Crippen LogP contribution in [0.1, 0.15) is 5.82 Å². The number of nitrogens with two attached hydrogens (primary N) is 1. The number of fused-ring (bicyclic) bond motifs is 1. The van der Waals surface area contributed by atoms with Gasteiger partial charge in [-0.25, -0.2) is 9.97 Å². The molecule has 0 amide bonds. The number of benzene rings is 1. The van der Waals surface area contributed by atoms with Crippen LogP contribution < -0.4 is 5.73 Å². The second kappa shape index (κ2) is 3.40. The van der Waals surface area contributed by atoms with Gasteiger partial charge in [-0.15, -0.1) is 0 Å². The van der Waals surface area contributed by atoms with Crippen molar-refractivity contribution in [3.63, 3.8) is 0 Å². The third kappa shape index (κ3) is 1.49. The van der Waals surface area contributed by atoms with E-state index in [0.717, 1.165) is 0 Å². The van der Waals surface area contributed by atoms with E-state index in [1.54, 1.807) is 12.1 Å². The Morgan fingerprint density at radius 3 is 2.86 bits per heavy atom. The predicted molar refractivity (Wildman–Crippen MR) is 54.1 cm³/mol. The average molecular weight is 210 g/mol. The summed E-state index contributed by atoms with van der Waals surface area (Å²) < 4.78 is 0. The van der Waals surface area contributed by atoms with Crippen molar-refractivity contribution in [2.45, 2.75) is 6.54 Å². The first-order valence-electron chi connectivity index (χ1n) is 4.06. The molecule has 0 saturated heterocycles. The van der Waals surface area contributed by atoms with Crippen molar-refractivity contribution in [3.05, 3.63) is 29.2 Å². The Morgan fingerprint density at radius 2 is 2.14 bits per heavy atom. The molecule has 1 aromatic heterocycles. The van der Waals surface area contributed by atoms with E-state index in [1.807, 2.05) is 0 Å². The Morgan fingerprint density at radius 1 is 1.36 bits per heavy atom. The van der Waals surface area contributed by atoms with Gasteiger partial charge in [0.2, 0.25) is 0 Å². The van der Waals surface area contributed by atoms with Gasteiger partial charge in [0, 0.05) is 11.5 Å².